The Kier molecular flexibility index (Phi) is 8.08. The van der Waals surface area contributed by atoms with Crippen LogP contribution in [-0.4, -0.2) is 17.8 Å². The Balaban J connectivity index is 2.34. The van der Waals surface area contributed by atoms with Crippen molar-refractivity contribution in [1.82, 2.24) is 0 Å². The number of carbonyl (C=O) groups excluding carboxylic acids is 1. The van der Waals surface area contributed by atoms with Crippen LogP contribution in [0.5, 0.6) is 0 Å². The van der Waals surface area contributed by atoms with Crippen LogP contribution >= 0.6 is 23.4 Å². The van der Waals surface area contributed by atoms with Gasteiger partial charge in [0, 0.05) is 11.6 Å². The number of benzene rings is 1. The van der Waals surface area contributed by atoms with Crippen molar-refractivity contribution in [3.05, 3.63) is 35.4 Å². The van der Waals surface area contributed by atoms with Gasteiger partial charge in [0.25, 0.3) is 0 Å². The Hall–Kier alpha value is -0.670. The Morgan fingerprint density at radius 3 is 2.65 bits per heavy atom. The van der Waals surface area contributed by atoms with Crippen molar-refractivity contribution in [2.24, 2.45) is 5.92 Å². The fourth-order valence-corrected chi connectivity index (χ4v) is 2.60. The van der Waals surface area contributed by atoms with Gasteiger partial charge >= 0.3 is 5.97 Å². The molecule has 0 aliphatic rings. The van der Waals surface area contributed by atoms with E-state index in [0.29, 0.717) is 18.4 Å². The van der Waals surface area contributed by atoms with E-state index in [9.17, 15) is 4.79 Å². The van der Waals surface area contributed by atoms with E-state index in [1.54, 1.807) is 11.8 Å². The maximum atomic E-state index is 11.8. The highest BCUT2D eigenvalue weighted by atomic mass is 35.5. The van der Waals surface area contributed by atoms with Crippen LogP contribution in [0.2, 0.25) is 0 Å². The van der Waals surface area contributed by atoms with Gasteiger partial charge in [-0.05, 0) is 30.4 Å². The Morgan fingerprint density at radius 1 is 1.30 bits per heavy atom. The third kappa shape index (κ3) is 6.67. The average molecular weight is 315 g/mol. The third-order valence-electron chi connectivity index (χ3n) is 2.92. The van der Waals surface area contributed by atoms with Gasteiger partial charge in [0.15, 0.2) is 0 Å². The van der Waals surface area contributed by atoms with Crippen LogP contribution < -0.4 is 0 Å². The third-order valence-corrected chi connectivity index (χ3v) is 4.42. The summed E-state index contributed by atoms with van der Waals surface area (Å²) >= 11 is 7.41. The molecule has 1 aromatic carbocycles. The van der Waals surface area contributed by atoms with E-state index >= 15 is 0 Å². The van der Waals surface area contributed by atoms with Gasteiger partial charge in [0.1, 0.15) is 0 Å². The van der Waals surface area contributed by atoms with Gasteiger partial charge in [-0.25, -0.2) is 0 Å². The summed E-state index contributed by atoms with van der Waals surface area (Å²) in [6.45, 7) is 6.66. The standard InChI is InChI=1S/C16H23ClO2S/c1-12(2)7-8-19-16(18)13(3)20-11-15-6-4-5-14(9-15)10-17/h4-6,9,12-13H,7-8,10-11H2,1-3H3. The number of thioether (sulfide) groups is 1. The monoisotopic (exact) mass is 314 g/mol. The first-order valence-electron chi connectivity index (χ1n) is 6.95. The normalized spacial score (nSPS) is 12.4. The average Bonchev–Trinajstić information content (AvgIpc) is 2.44. The summed E-state index contributed by atoms with van der Waals surface area (Å²) in [6.07, 6.45) is 0.918. The molecule has 0 aromatic heterocycles. The number of hydrogen-bond donors (Lipinski definition) is 0. The molecule has 0 bridgehead atoms. The van der Waals surface area contributed by atoms with Crippen molar-refractivity contribution in [2.75, 3.05) is 6.61 Å². The van der Waals surface area contributed by atoms with E-state index in [-0.39, 0.29) is 11.2 Å². The van der Waals surface area contributed by atoms with Crippen LogP contribution in [0.25, 0.3) is 0 Å². The summed E-state index contributed by atoms with van der Waals surface area (Å²) in [5.74, 6) is 1.75. The molecule has 0 amide bonds. The van der Waals surface area contributed by atoms with Gasteiger partial charge < -0.3 is 4.74 Å². The van der Waals surface area contributed by atoms with E-state index in [1.807, 2.05) is 19.1 Å². The highest BCUT2D eigenvalue weighted by Gasteiger charge is 2.15. The predicted octanol–water partition coefficient (Wildman–Crippen LogP) is 4.64. The summed E-state index contributed by atoms with van der Waals surface area (Å²) in [5.41, 5.74) is 2.30. The summed E-state index contributed by atoms with van der Waals surface area (Å²) in [7, 11) is 0. The van der Waals surface area contributed by atoms with Crippen molar-refractivity contribution in [2.45, 2.75) is 44.1 Å². The van der Waals surface area contributed by atoms with E-state index in [2.05, 4.69) is 26.0 Å². The molecule has 2 nitrogen and oxygen atoms in total. The Bertz CT molecular complexity index is 421. The second-order valence-corrected chi connectivity index (χ2v) is 6.85. The number of carbonyl (C=O) groups is 1. The number of rotatable bonds is 8. The van der Waals surface area contributed by atoms with Crippen LogP contribution in [0.1, 0.15) is 38.3 Å². The number of hydrogen-bond acceptors (Lipinski definition) is 3. The first-order chi connectivity index (χ1) is 9.52. The number of halogens is 1. The molecule has 1 aromatic rings. The Morgan fingerprint density at radius 2 is 2.00 bits per heavy atom. The number of alkyl halides is 1. The van der Waals surface area contributed by atoms with Crippen molar-refractivity contribution in [3.8, 4) is 0 Å². The molecule has 0 saturated carbocycles. The Labute approximate surface area is 131 Å². The molecule has 0 aliphatic heterocycles. The summed E-state index contributed by atoms with van der Waals surface area (Å²) in [6, 6.07) is 8.14. The molecule has 1 atom stereocenters. The van der Waals surface area contributed by atoms with E-state index in [4.69, 9.17) is 16.3 Å². The maximum Gasteiger partial charge on any atom is 0.318 e. The minimum atomic E-state index is -0.137. The zero-order chi connectivity index (χ0) is 15.0. The van der Waals surface area contributed by atoms with Gasteiger partial charge in [-0.15, -0.1) is 23.4 Å². The second kappa shape index (κ2) is 9.30. The molecule has 112 valence electrons. The molecule has 0 saturated heterocycles. The van der Waals surface area contributed by atoms with E-state index in [1.165, 1.54) is 5.56 Å². The van der Waals surface area contributed by atoms with Crippen LogP contribution in [0, 0.1) is 5.92 Å². The lowest BCUT2D eigenvalue weighted by molar-refractivity contribution is -0.142. The molecule has 0 spiro atoms. The summed E-state index contributed by atoms with van der Waals surface area (Å²) in [4.78, 5) is 11.8. The second-order valence-electron chi connectivity index (χ2n) is 5.26. The zero-order valence-corrected chi connectivity index (χ0v) is 14.0. The minimum Gasteiger partial charge on any atom is -0.465 e. The number of ether oxygens (including phenoxy) is 1. The lowest BCUT2D eigenvalue weighted by Crippen LogP contribution is -2.18. The first-order valence-corrected chi connectivity index (χ1v) is 8.53. The molecule has 20 heavy (non-hydrogen) atoms. The highest BCUT2D eigenvalue weighted by Crippen LogP contribution is 2.20. The molecule has 1 unspecified atom stereocenters. The van der Waals surface area contributed by atoms with Gasteiger partial charge in [-0.2, -0.15) is 0 Å². The van der Waals surface area contributed by atoms with E-state index in [0.717, 1.165) is 17.7 Å². The lowest BCUT2D eigenvalue weighted by atomic mass is 10.1. The summed E-state index contributed by atoms with van der Waals surface area (Å²) in [5, 5.41) is -0.137. The van der Waals surface area contributed by atoms with Crippen molar-refractivity contribution in [1.29, 1.82) is 0 Å². The molecule has 4 heteroatoms. The quantitative estimate of drug-likeness (QED) is 0.516. The highest BCUT2D eigenvalue weighted by molar-refractivity contribution is 7.99. The fraction of sp³-hybridized carbons (Fsp3) is 0.562. The predicted molar refractivity (Wildman–Crippen MR) is 87.2 cm³/mol. The van der Waals surface area contributed by atoms with Gasteiger partial charge in [-0.1, -0.05) is 38.1 Å². The van der Waals surface area contributed by atoms with E-state index < -0.39 is 0 Å². The molecular weight excluding hydrogens is 292 g/mol. The molecule has 0 N–H and O–H groups in total. The smallest absolute Gasteiger partial charge is 0.318 e. The molecule has 0 radical (unpaired) electrons. The van der Waals surface area contributed by atoms with Crippen LogP contribution in [0.3, 0.4) is 0 Å². The molecule has 0 fully saturated rings. The largest absolute Gasteiger partial charge is 0.465 e. The molecular formula is C16H23ClO2S. The molecule has 1 rings (SSSR count). The first kappa shape index (κ1) is 17.4. The van der Waals surface area contributed by atoms with Crippen LogP contribution in [0.15, 0.2) is 24.3 Å². The van der Waals surface area contributed by atoms with Gasteiger partial charge in [-0.3, -0.25) is 4.79 Å². The lowest BCUT2D eigenvalue weighted by Gasteiger charge is -2.12. The maximum absolute atomic E-state index is 11.8. The fourth-order valence-electron chi connectivity index (χ4n) is 1.60. The summed E-state index contributed by atoms with van der Waals surface area (Å²) < 4.78 is 5.27. The molecule has 0 aliphatic carbocycles. The van der Waals surface area contributed by atoms with Crippen molar-refractivity contribution in [3.63, 3.8) is 0 Å². The SMILES string of the molecule is CC(C)CCOC(=O)C(C)SCc1cccc(CCl)c1. The topological polar surface area (TPSA) is 26.3 Å². The van der Waals surface area contributed by atoms with Crippen LogP contribution in [0.4, 0.5) is 0 Å². The number of esters is 1. The zero-order valence-electron chi connectivity index (χ0n) is 12.4. The van der Waals surface area contributed by atoms with Crippen molar-refractivity contribution < 1.29 is 9.53 Å². The van der Waals surface area contributed by atoms with Gasteiger partial charge in [0.05, 0.1) is 11.9 Å². The van der Waals surface area contributed by atoms with Crippen LogP contribution in [-0.2, 0) is 21.2 Å². The minimum absolute atomic E-state index is 0.121. The molecule has 0 heterocycles. The van der Waals surface area contributed by atoms with Crippen molar-refractivity contribution >= 4 is 29.3 Å². The van der Waals surface area contributed by atoms with Gasteiger partial charge in [0.2, 0.25) is 0 Å².